The summed E-state index contributed by atoms with van der Waals surface area (Å²) in [4.78, 5) is 24.1. The second-order valence-electron chi connectivity index (χ2n) is 3.90. The molecule has 23 heavy (non-hydrogen) atoms. The number of rotatable bonds is 5. The van der Waals surface area contributed by atoms with E-state index in [2.05, 4.69) is 68.5 Å². The fraction of sp³-hybridized carbons (Fsp3) is 0.273. The lowest BCUT2D eigenvalue weighted by atomic mass is 10.1. The first-order chi connectivity index (χ1) is 10.5. The minimum Gasteiger partial charge on any atom is -0.748 e. The summed E-state index contributed by atoms with van der Waals surface area (Å²) in [5, 5.41) is 0. The smallest absolute Gasteiger partial charge is 0.340 e. The first kappa shape index (κ1) is 21.0. The molecule has 0 saturated heterocycles. The van der Waals surface area contributed by atoms with Crippen molar-refractivity contribution in [3.05, 3.63) is 29.0 Å². The van der Waals surface area contributed by atoms with Crippen LogP contribution in [0.3, 0.4) is 0 Å². The highest BCUT2D eigenvalue weighted by Crippen LogP contribution is 2.42. The van der Waals surface area contributed by atoms with Crippen molar-refractivity contribution >= 4 is 85.8 Å². The number of benzene rings is 1. The summed E-state index contributed by atoms with van der Waals surface area (Å²) >= 11 is 12.8. The lowest BCUT2D eigenvalue weighted by Gasteiger charge is -2.15. The topological polar surface area (TPSA) is 110 Å². The monoisotopic (exact) mass is 599 g/mol. The van der Waals surface area contributed by atoms with Gasteiger partial charge < -0.3 is 14.0 Å². The number of halogens is 4. The molecule has 0 heterocycles. The molecule has 0 saturated carbocycles. The fourth-order valence-electron chi connectivity index (χ4n) is 1.43. The number of carbonyl (C=O) groups is 2. The molecule has 12 heteroatoms. The predicted molar refractivity (Wildman–Crippen MR) is 93.4 cm³/mol. The van der Waals surface area contributed by atoms with Crippen LogP contribution in [0.4, 0.5) is 0 Å². The highest BCUT2D eigenvalue weighted by Gasteiger charge is 2.29. The number of esters is 2. The minimum atomic E-state index is -4.52. The molecule has 0 aliphatic carbocycles. The lowest BCUT2D eigenvalue weighted by molar-refractivity contribution is 0.0503. The van der Waals surface area contributed by atoms with E-state index in [0.29, 0.717) is 8.95 Å². The van der Waals surface area contributed by atoms with E-state index < -0.39 is 34.4 Å². The predicted octanol–water partition coefficient (Wildman–Crippen LogP) is 3.23. The zero-order valence-electron chi connectivity index (χ0n) is 11.2. The standard InChI is InChI=1S/C11H8Br4O7S/c1-21-10(16)4-5(7(13)9(15)8(14)6(4)12)11(17)22-2-3-23(18,19)20/h2-3H2,1H3,(H,18,19,20)/p-1. The maximum Gasteiger partial charge on any atom is 0.340 e. The van der Waals surface area contributed by atoms with Crippen LogP contribution in [0.15, 0.2) is 17.9 Å². The summed E-state index contributed by atoms with van der Waals surface area (Å²) < 4.78 is 42.3. The molecule has 1 rings (SSSR count). The van der Waals surface area contributed by atoms with Crippen LogP contribution in [0, 0.1) is 0 Å². The molecule has 0 aromatic heterocycles. The Labute approximate surface area is 165 Å². The number of hydrogen-bond donors (Lipinski definition) is 0. The summed E-state index contributed by atoms with van der Waals surface area (Å²) in [6.45, 7) is -0.636. The van der Waals surface area contributed by atoms with Crippen LogP contribution >= 0.6 is 63.7 Å². The Balaban J connectivity index is 3.33. The van der Waals surface area contributed by atoms with Gasteiger partial charge in [0.05, 0.1) is 34.1 Å². The average Bonchev–Trinajstić information content (AvgIpc) is 2.46. The van der Waals surface area contributed by atoms with Gasteiger partial charge in [-0.25, -0.2) is 18.0 Å². The molecule has 128 valence electrons. The molecule has 1 aromatic carbocycles. The summed E-state index contributed by atoms with van der Waals surface area (Å²) in [5.41, 5.74) is -0.300. The summed E-state index contributed by atoms with van der Waals surface area (Å²) in [7, 11) is -3.39. The molecule has 0 bridgehead atoms. The van der Waals surface area contributed by atoms with Crippen LogP contribution in [-0.2, 0) is 19.6 Å². The normalized spacial score (nSPS) is 11.2. The van der Waals surface area contributed by atoms with E-state index in [1.165, 1.54) is 0 Å². The number of ether oxygens (including phenoxy) is 2. The van der Waals surface area contributed by atoms with Crippen molar-refractivity contribution in [1.29, 1.82) is 0 Å². The molecular formula is C11H7Br4O7S-. The van der Waals surface area contributed by atoms with Crippen molar-refractivity contribution in [1.82, 2.24) is 0 Å². The van der Waals surface area contributed by atoms with Crippen molar-refractivity contribution in [2.24, 2.45) is 0 Å². The molecule has 0 fully saturated rings. The van der Waals surface area contributed by atoms with Gasteiger partial charge in [0, 0.05) is 17.9 Å². The van der Waals surface area contributed by atoms with Crippen LogP contribution in [0.2, 0.25) is 0 Å². The highest BCUT2D eigenvalue weighted by atomic mass is 79.9. The third kappa shape index (κ3) is 5.23. The van der Waals surface area contributed by atoms with Gasteiger partial charge in [-0.1, -0.05) is 0 Å². The van der Waals surface area contributed by atoms with Gasteiger partial charge in [-0.05, 0) is 63.7 Å². The van der Waals surface area contributed by atoms with Gasteiger partial charge in [-0.2, -0.15) is 0 Å². The van der Waals surface area contributed by atoms with Crippen LogP contribution in [-0.4, -0.2) is 44.4 Å². The third-order valence-corrected chi connectivity index (χ3v) is 7.86. The molecule has 0 N–H and O–H groups in total. The third-order valence-electron chi connectivity index (χ3n) is 2.43. The molecular weight excluding hydrogens is 596 g/mol. The van der Waals surface area contributed by atoms with E-state index in [9.17, 15) is 22.6 Å². The number of carbonyl (C=O) groups excluding carboxylic acids is 2. The number of methoxy groups -OCH3 is 1. The van der Waals surface area contributed by atoms with Crippen LogP contribution in [0.25, 0.3) is 0 Å². The van der Waals surface area contributed by atoms with Crippen molar-refractivity contribution in [3.8, 4) is 0 Å². The maximum atomic E-state index is 12.2. The van der Waals surface area contributed by atoms with Gasteiger partial charge in [0.25, 0.3) is 0 Å². The van der Waals surface area contributed by atoms with Gasteiger partial charge >= 0.3 is 11.9 Å². The van der Waals surface area contributed by atoms with E-state index in [0.717, 1.165) is 7.11 Å². The van der Waals surface area contributed by atoms with Crippen LogP contribution < -0.4 is 0 Å². The summed E-state index contributed by atoms with van der Waals surface area (Å²) in [6.07, 6.45) is 0. The second-order valence-corrected chi connectivity index (χ2v) is 8.59. The van der Waals surface area contributed by atoms with Gasteiger partial charge in [0.1, 0.15) is 6.61 Å². The molecule has 0 aliphatic heterocycles. The Hall–Kier alpha value is -0.0100. The Kier molecular flexibility index (Phi) is 7.67. The molecule has 0 spiro atoms. The van der Waals surface area contributed by atoms with E-state index in [1.54, 1.807) is 0 Å². The lowest BCUT2D eigenvalue weighted by Crippen LogP contribution is -2.19. The Bertz CT molecular complexity index is 760. The fourth-order valence-corrected chi connectivity index (χ4v) is 4.15. The van der Waals surface area contributed by atoms with Gasteiger partial charge in [0.15, 0.2) is 0 Å². The van der Waals surface area contributed by atoms with E-state index in [4.69, 9.17) is 4.74 Å². The van der Waals surface area contributed by atoms with Crippen LogP contribution in [0.5, 0.6) is 0 Å². The molecule has 0 aliphatic rings. The maximum absolute atomic E-state index is 12.2. The van der Waals surface area contributed by atoms with Crippen molar-refractivity contribution in [3.63, 3.8) is 0 Å². The highest BCUT2D eigenvalue weighted by molar-refractivity contribution is 9.15. The van der Waals surface area contributed by atoms with Gasteiger partial charge in [-0.3, -0.25) is 0 Å². The first-order valence-electron chi connectivity index (χ1n) is 5.56. The van der Waals surface area contributed by atoms with Crippen molar-refractivity contribution in [2.45, 2.75) is 0 Å². The van der Waals surface area contributed by atoms with E-state index >= 15 is 0 Å². The Morgan fingerprint density at radius 3 is 1.78 bits per heavy atom. The molecule has 1 aromatic rings. The zero-order valence-corrected chi connectivity index (χ0v) is 18.4. The Morgan fingerprint density at radius 1 is 0.957 bits per heavy atom. The molecule has 0 atom stereocenters. The van der Waals surface area contributed by atoms with Crippen molar-refractivity contribution < 1.29 is 32.0 Å². The first-order valence-corrected chi connectivity index (χ1v) is 10.3. The number of hydrogen-bond acceptors (Lipinski definition) is 7. The van der Waals surface area contributed by atoms with Gasteiger partial charge in [-0.15, -0.1) is 0 Å². The molecule has 7 nitrogen and oxygen atoms in total. The van der Waals surface area contributed by atoms with Crippen LogP contribution in [0.1, 0.15) is 20.7 Å². The quantitative estimate of drug-likeness (QED) is 0.220. The largest absolute Gasteiger partial charge is 0.748 e. The second kappa shape index (κ2) is 8.39. The minimum absolute atomic E-state index is 0.121. The zero-order chi connectivity index (χ0) is 17.9. The molecule has 0 unspecified atom stereocenters. The summed E-state index contributed by atoms with van der Waals surface area (Å²) in [5.74, 6) is -2.67. The SMILES string of the molecule is COC(=O)c1c(Br)c(Br)c(Br)c(Br)c1C(=O)OCCS(=O)(=O)[O-]. The molecule has 0 amide bonds. The van der Waals surface area contributed by atoms with E-state index in [1.807, 2.05) is 0 Å². The van der Waals surface area contributed by atoms with Crippen molar-refractivity contribution in [2.75, 3.05) is 19.5 Å². The molecule has 0 radical (unpaired) electrons. The van der Waals surface area contributed by atoms with Gasteiger partial charge in [0.2, 0.25) is 0 Å². The summed E-state index contributed by atoms with van der Waals surface area (Å²) in [6, 6.07) is 0. The Morgan fingerprint density at radius 2 is 1.39 bits per heavy atom. The van der Waals surface area contributed by atoms with E-state index in [-0.39, 0.29) is 20.1 Å². The average molecular weight is 603 g/mol.